The number of benzene rings is 1. The Balaban J connectivity index is 2.49. The third-order valence-electron chi connectivity index (χ3n) is 3.09. The molecule has 2 amide bonds. The summed E-state index contributed by atoms with van der Waals surface area (Å²) in [6, 6.07) is 6.36. The van der Waals surface area contributed by atoms with Crippen molar-refractivity contribution in [2.24, 2.45) is 0 Å². The van der Waals surface area contributed by atoms with Crippen molar-refractivity contribution in [3.8, 4) is 0 Å². The lowest BCUT2D eigenvalue weighted by molar-refractivity contribution is 0.0697. The van der Waals surface area contributed by atoms with Gasteiger partial charge in [-0.15, -0.1) is 0 Å². The number of aromatic carboxylic acids is 1. The second-order valence-electron chi connectivity index (χ2n) is 4.99. The molecule has 1 aromatic rings. The molecule has 1 unspecified atom stereocenters. The smallest absolute Gasteiger partial charge is 0.335 e. The zero-order chi connectivity index (χ0) is 15.8. The van der Waals surface area contributed by atoms with Gasteiger partial charge in [0.25, 0.3) is 0 Å². The zero-order valence-corrected chi connectivity index (χ0v) is 12.6. The van der Waals surface area contributed by atoms with Crippen molar-refractivity contribution in [3.05, 3.63) is 35.4 Å². The summed E-state index contributed by atoms with van der Waals surface area (Å²) in [5.41, 5.74) is 1.11. The van der Waals surface area contributed by atoms with Crippen LogP contribution in [0.1, 0.15) is 29.3 Å². The third kappa shape index (κ3) is 5.83. The van der Waals surface area contributed by atoms with E-state index in [-0.39, 0.29) is 17.6 Å². The zero-order valence-electron chi connectivity index (χ0n) is 12.6. The minimum Gasteiger partial charge on any atom is -0.478 e. The predicted octanol–water partition coefficient (Wildman–Crippen LogP) is 1.95. The Bertz CT molecular complexity index is 473. The topological polar surface area (TPSA) is 78.9 Å². The van der Waals surface area contributed by atoms with E-state index in [1.165, 1.54) is 12.1 Å². The van der Waals surface area contributed by atoms with Crippen LogP contribution in [0.3, 0.4) is 0 Å². The minimum atomic E-state index is -0.959. The second-order valence-corrected chi connectivity index (χ2v) is 4.99. The molecule has 0 radical (unpaired) electrons. The highest BCUT2D eigenvalue weighted by molar-refractivity contribution is 5.87. The van der Waals surface area contributed by atoms with E-state index in [4.69, 9.17) is 9.84 Å². The number of nitrogens with one attached hydrogen (secondary N) is 1. The summed E-state index contributed by atoms with van der Waals surface area (Å²) in [7, 11) is 3.32. The second kappa shape index (κ2) is 8.26. The first-order valence-corrected chi connectivity index (χ1v) is 6.77. The lowest BCUT2D eigenvalue weighted by Gasteiger charge is -2.21. The average molecular weight is 294 g/mol. The van der Waals surface area contributed by atoms with Crippen LogP contribution in [-0.2, 0) is 11.3 Å². The average Bonchev–Trinajstić information content (AvgIpc) is 2.45. The lowest BCUT2D eigenvalue weighted by atomic mass is 10.1. The van der Waals surface area contributed by atoms with Gasteiger partial charge < -0.3 is 20.1 Å². The molecule has 0 heterocycles. The monoisotopic (exact) mass is 294 g/mol. The summed E-state index contributed by atoms with van der Waals surface area (Å²) in [6.45, 7) is 2.94. The summed E-state index contributed by atoms with van der Waals surface area (Å²) in [5, 5.41) is 11.7. The van der Waals surface area contributed by atoms with Crippen LogP contribution in [0.4, 0.5) is 4.79 Å². The summed E-state index contributed by atoms with van der Waals surface area (Å²) in [4.78, 5) is 24.3. The fourth-order valence-electron chi connectivity index (χ4n) is 1.79. The van der Waals surface area contributed by atoms with E-state index in [0.717, 1.165) is 12.0 Å². The highest BCUT2D eigenvalue weighted by Gasteiger charge is 2.12. The molecule has 0 saturated carbocycles. The maximum Gasteiger partial charge on any atom is 0.335 e. The van der Waals surface area contributed by atoms with Crippen molar-refractivity contribution >= 4 is 12.0 Å². The lowest BCUT2D eigenvalue weighted by Crippen LogP contribution is -2.41. The van der Waals surface area contributed by atoms with Crippen LogP contribution < -0.4 is 5.32 Å². The Kier molecular flexibility index (Phi) is 6.68. The number of carboxylic acids is 1. The van der Waals surface area contributed by atoms with Crippen LogP contribution in [0.5, 0.6) is 0 Å². The van der Waals surface area contributed by atoms with Gasteiger partial charge in [0.1, 0.15) is 0 Å². The molecule has 6 heteroatoms. The van der Waals surface area contributed by atoms with E-state index in [2.05, 4.69) is 5.32 Å². The molecule has 1 aromatic carbocycles. The van der Waals surface area contributed by atoms with Gasteiger partial charge in [0.2, 0.25) is 0 Å². The standard InChI is InChI=1S/C15H22N2O4/c1-11(8-9-21-3)16-15(20)17(2)10-12-4-6-13(7-5-12)14(18)19/h4-7,11H,8-10H2,1-3H3,(H,16,20)(H,18,19). The number of hydrogen-bond donors (Lipinski definition) is 2. The molecule has 0 aliphatic rings. The molecule has 0 saturated heterocycles. The maximum atomic E-state index is 12.0. The Hall–Kier alpha value is -2.08. The van der Waals surface area contributed by atoms with Gasteiger partial charge in [-0.25, -0.2) is 9.59 Å². The van der Waals surface area contributed by atoms with Crippen molar-refractivity contribution in [2.45, 2.75) is 25.9 Å². The summed E-state index contributed by atoms with van der Waals surface area (Å²) < 4.78 is 4.97. The number of methoxy groups -OCH3 is 1. The number of carboxylic acid groups (broad SMARTS) is 1. The minimum absolute atomic E-state index is 0.0364. The highest BCUT2D eigenvalue weighted by atomic mass is 16.5. The molecule has 0 aliphatic heterocycles. The van der Waals surface area contributed by atoms with E-state index in [9.17, 15) is 9.59 Å². The van der Waals surface area contributed by atoms with E-state index in [1.807, 2.05) is 6.92 Å². The SMILES string of the molecule is COCCC(C)NC(=O)N(C)Cc1ccc(C(=O)O)cc1. The quantitative estimate of drug-likeness (QED) is 0.805. The van der Waals surface area contributed by atoms with Gasteiger partial charge >= 0.3 is 12.0 Å². The van der Waals surface area contributed by atoms with E-state index in [1.54, 1.807) is 31.2 Å². The first-order valence-electron chi connectivity index (χ1n) is 6.77. The van der Waals surface area contributed by atoms with Gasteiger partial charge in [-0.3, -0.25) is 0 Å². The molecule has 0 spiro atoms. The van der Waals surface area contributed by atoms with Crippen LogP contribution in [-0.4, -0.2) is 48.8 Å². The number of amides is 2. The molecule has 0 bridgehead atoms. The molecule has 1 atom stereocenters. The maximum absolute atomic E-state index is 12.0. The van der Waals surface area contributed by atoms with E-state index in [0.29, 0.717) is 13.2 Å². The fraction of sp³-hybridized carbons (Fsp3) is 0.467. The Morgan fingerprint density at radius 1 is 1.33 bits per heavy atom. The normalized spacial score (nSPS) is 11.8. The fourth-order valence-corrected chi connectivity index (χ4v) is 1.79. The van der Waals surface area contributed by atoms with E-state index < -0.39 is 5.97 Å². The van der Waals surface area contributed by atoms with Gasteiger partial charge in [-0.05, 0) is 31.0 Å². The summed E-state index contributed by atoms with van der Waals surface area (Å²) in [5.74, 6) is -0.959. The summed E-state index contributed by atoms with van der Waals surface area (Å²) >= 11 is 0. The molecule has 116 valence electrons. The third-order valence-corrected chi connectivity index (χ3v) is 3.09. The molecule has 0 aromatic heterocycles. The van der Waals surface area contributed by atoms with Crippen LogP contribution in [0.25, 0.3) is 0 Å². The number of ether oxygens (including phenoxy) is 1. The van der Waals surface area contributed by atoms with Gasteiger partial charge in [0.15, 0.2) is 0 Å². The van der Waals surface area contributed by atoms with Crippen molar-refractivity contribution < 1.29 is 19.4 Å². The molecular formula is C15H22N2O4. The number of carbonyl (C=O) groups excluding carboxylic acids is 1. The molecule has 1 rings (SSSR count). The van der Waals surface area contributed by atoms with Crippen molar-refractivity contribution in [3.63, 3.8) is 0 Å². The Labute approximate surface area is 124 Å². The van der Waals surface area contributed by atoms with E-state index >= 15 is 0 Å². The number of nitrogens with zero attached hydrogens (tertiary/aromatic N) is 1. The van der Waals surface area contributed by atoms with Crippen LogP contribution in [0.15, 0.2) is 24.3 Å². The first-order chi connectivity index (χ1) is 9.93. The van der Waals surface area contributed by atoms with Gasteiger partial charge in [-0.2, -0.15) is 0 Å². The van der Waals surface area contributed by atoms with Crippen LogP contribution >= 0.6 is 0 Å². The van der Waals surface area contributed by atoms with Crippen molar-refractivity contribution in [1.82, 2.24) is 10.2 Å². The molecular weight excluding hydrogens is 272 g/mol. The largest absolute Gasteiger partial charge is 0.478 e. The number of rotatable bonds is 7. The Morgan fingerprint density at radius 3 is 2.48 bits per heavy atom. The number of hydrogen-bond acceptors (Lipinski definition) is 3. The number of carbonyl (C=O) groups is 2. The molecule has 21 heavy (non-hydrogen) atoms. The molecule has 2 N–H and O–H groups in total. The van der Waals surface area contributed by atoms with Crippen molar-refractivity contribution in [2.75, 3.05) is 20.8 Å². The molecule has 0 aliphatic carbocycles. The highest BCUT2D eigenvalue weighted by Crippen LogP contribution is 2.07. The summed E-state index contributed by atoms with van der Waals surface area (Å²) in [6.07, 6.45) is 0.753. The first kappa shape index (κ1) is 17.0. The van der Waals surface area contributed by atoms with Gasteiger partial charge in [-0.1, -0.05) is 12.1 Å². The Morgan fingerprint density at radius 2 is 1.95 bits per heavy atom. The van der Waals surface area contributed by atoms with Gasteiger partial charge in [0.05, 0.1) is 5.56 Å². The van der Waals surface area contributed by atoms with Crippen molar-refractivity contribution in [1.29, 1.82) is 0 Å². The molecule has 0 fully saturated rings. The van der Waals surface area contributed by atoms with Crippen LogP contribution in [0, 0.1) is 0 Å². The number of urea groups is 1. The predicted molar refractivity (Wildman–Crippen MR) is 79.4 cm³/mol. The van der Waals surface area contributed by atoms with Crippen LogP contribution in [0.2, 0.25) is 0 Å². The van der Waals surface area contributed by atoms with Gasteiger partial charge in [0, 0.05) is 33.4 Å². The molecule has 6 nitrogen and oxygen atoms in total.